The Bertz CT molecular complexity index is 1360. The number of aromatic nitrogens is 1. The Morgan fingerprint density at radius 3 is 2.44 bits per heavy atom. The standard InChI is InChI=1S/C32H37ClN4O2/c1-35-16-4-5-25(35)22-36-17-12-32(13-18-36)14-19-37(20-15-32)31(39)24-9-8-23-10-11-29(27(23)21-24)34-30(38)26-6-2-3-7-28(26)33/h2-9,16,21,29H,10-15,17-20,22H2,1H3,(H,34,38). The highest BCUT2D eigenvalue weighted by molar-refractivity contribution is 6.33. The minimum atomic E-state index is -0.175. The maximum atomic E-state index is 13.5. The highest BCUT2D eigenvalue weighted by Gasteiger charge is 2.39. The molecule has 6 nitrogen and oxygen atoms in total. The Morgan fingerprint density at radius 2 is 1.72 bits per heavy atom. The molecule has 2 fully saturated rings. The Labute approximate surface area is 235 Å². The summed E-state index contributed by atoms with van der Waals surface area (Å²) < 4.78 is 2.21. The van der Waals surface area contributed by atoms with Crippen molar-refractivity contribution >= 4 is 23.4 Å². The molecule has 3 aliphatic rings. The van der Waals surface area contributed by atoms with Crippen molar-refractivity contribution in [3.63, 3.8) is 0 Å². The van der Waals surface area contributed by atoms with Crippen molar-refractivity contribution in [2.24, 2.45) is 12.5 Å². The summed E-state index contributed by atoms with van der Waals surface area (Å²) in [6.45, 7) is 4.92. The first kappa shape index (κ1) is 26.1. The van der Waals surface area contributed by atoms with Crippen molar-refractivity contribution in [2.45, 2.75) is 51.1 Å². The number of nitrogens with one attached hydrogen (secondary N) is 1. The van der Waals surface area contributed by atoms with Crippen LogP contribution in [0.5, 0.6) is 0 Å². The number of hydrogen-bond acceptors (Lipinski definition) is 3. The Kier molecular flexibility index (Phi) is 7.25. The van der Waals surface area contributed by atoms with Gasteiger partial charge in [-0.3, -0.25) is 14.5 Å². The molecule has 6 rings (SSSR count). The number of nitrogens with zero attached hydrogens (tertiary/aromatic N) is 3. The van der Waals surface area contributed by atoms with Crippen molar-refractivity contribution in [3.8, 4) is 0 Å². The zero-order valence-electron chi connectivity index (χ0n) is 22.7. The van der Waals surface area contributed by atoms with Gasteiger partial charge in [0.1, 0.15) is 0 Å². The van der Waals surface area contributed by atoms with Gasteiger partial charge in [0.05, 0.1) is 16.6 Å². The molecule has 1 spiro atoms. The fourth-order valence-corrected chi connectivity index (χ4v) is 6.93. The van der Waals surface area contributed by atoms with Gasteiger partial charge in [0.15, 0.2) is 0 Å². The summed E-state index contributed by atoms with van der Waals surface area (Å²) in [7, 11) is 2.12. The van der Waals surface area contributed by atoms with Gasteiger partial charge in [0.25, 0.3) is 11.8 Å². The predicted molar refractivity (Wildman–Crippen MR) is 154 cm³/mol. The fourth-order valence-electron chi connectivity index (χ4n) is 6.71. The lowest BCUT2D eigenvalue weighted by Gasteiger charge is -2.47. The molecule has 2 saturated heterocycles. The molecule has 0 saturated carbocycles. The fraction of sp³-hybridized carbons (Fsp3) is 0.438. The van der Waals surface area contributed by atoms with Crippen molar-refractivity contribution in [2.75, 3.05) is 26.2 Å². The number of rotatable bonds is 5. The summed E-state index contributed by atoms with van der Waals surface area (Å²) in [4.78, 5) is 31.0. The first-order valence-corrected chi connectivity index (χ1v) is 14.6. The molecule has 3 aromatic rings. The lowest BCUT2D eigenvalue weighted by atomic mass is 9.71. The quantitative estimate of drug-likeness (QED) is 0.454. The van der Waals surface area contributed by atoms with Gasteiger partial charge in [-0.15, -0.1) is 0 Å². The van der Waals surface area contributed by atoms with Crippen LogP contribution in [0, 0.1) is 5.41 Å². The van der Waals surface area contributed by atoms with Crippen LogP contribution in [0.2, 0.25) is 5.02 Å². The maximum absolute atomic E-state index is 13.5. The number of hydrogen-bond donors (Lipinski definition) is 1. The van der Waals surface area contributed by atoms with Crippen molar-refractivity contribution in [1.29, 1.82) is 0 Å². The molecule has 3 heterocycles. The highest BCUT2D eigenvalue weighted by Crippen LogP contribution is 2.42. The molecular formula is C32H37ClN4O2. The van der Waals surface area contributed by atoms with Gasteiger partial charge < -0.3 is 14.8 Å². The average molecular weight is 545 g/mol. The van der Waals surface area contributed by atoms with E-state index in [2.05, 4.69) is 46.2 Å². The minimum Gasteiger partial charge on any atom is -0.353 e. The van der Waals surface area contributed by atoms with E-state index in [1.54, 1.807) is 12.1 Å². The number of benzene rings is 2. The molecule has 7 heteroatoms. The number of fused-ring (bicyclic) bond motifs is 1. The maximum Gasteiger partial charge on any atom is 0.253 e. The normalized spacial score (nSPS) is 20.7. The molecule has 1 aromatic heterocycles. The van der Waals surface area contributed by atoms with E-state index in [9.17, 15) is 9.59 Å². The number of halogens is 1. The van der Waals surface area contributed by atoms with Gasteiger partial charge in [0.2, 0.25) is 0 Å². The van der Waals surface area contributed by atoms with E-state index in [-0.39, 0.29) is 17.9 Å². The van der Waals surface area contributed by atoms with Gasteiger partial charge >= 0.3 is 0 Å². The zero-order valence-corrected chi connectivity index (χ0v) is 23.4. The lowest BCUT2D eigenvalue weighted by Crippen LogP contribution is -2.48. The van der Waals surface area contributed by atoms with Crippen LogP contribution >= 0.6 is 11.6 Å². The van der Waals surface area contributed by atoms with Crippen LogP contribution < -0.4 is 5.32 Å². The monoisotopic (exact) mass is 544 g/mol. The second-order valence-corrected chi connectivity index (χ2v) is 12.0. The number of carbonyl (C=O) groups is 2. The van der Waals surface area contributed by atoms with E-state index in [0.29, 0.717) is 16.0 Å². The molecule has 2 amide bonds. The third-order valence-corrected chi connectivity index (χ3v) is 9.69. The molecule has 1 atom stereocenters. The van der Waals surface area contributed by atoms with Crippen LogP contribution in [0.3, 0.4) is 0 Å². The van der Waals surface area contributed by atoms with Crippen LogP contribution in [0.4, 0.5) is 0 Å². The third-order valence-electron chi connectivity index (χ3n) is 9.36. The van der Waals surface area contributed by atoms with Crippen LogP contribution in [-0.2, 0) is 20.0 Å². The SMILES string of the molecule is Cn1cccc1CN1CCC2(CC1)CCN(C(=O)c1ccc3c(c1)C(NC(=O)c1ccccc1Cl)CC3)CC2. The van der Waals surface area contributed by atoms with Crippen LogP contribution in [0.25, 0.3) is 0 Å². The first-order valence-electron chi connectivity index (χ1n) is 14.2. The first-order chi connectivity index (χ1) is 18.9. The van der Waals surface area contributed by atoms with Crippen LogP contribution in [0.15, 0.2) is 60.8 Å². The largest absolute Gasteiger partial charge is 0.353 e. The zero-order chi connectivity index (χ0) is 27.0. The van der Waals surface area contributed by atoms with Crippen LogP contribution in [0.1, 0.15) is 75.7 Å². The number of carbonyl (C=O) groups excluding carboxylic acids is 2. The van der Waals surface area contributed by atoms with Gasteiger partial charge in [0, 0.05) is 44.1 Å². The number of aryl methyl sites for hydroxylation is 2. The second-order valence-electron chi connectivity index (χ2n) is 11.6. The Balaban J connectivity index is 1.06. The van der Waals surface area contributed by atoms with E-state index >= 15 is 0 Å². The number of piperidine rings is 2. The van der Waals surface area contributed by atoms with Crippen molar-refractivity contribution in [3.05, 3.63) is 93.8 Å². The van der Waals surface area contributed by atoms with Gasteiger partial charge in [-0.2, -0.15) is 0 Å². The topological polar surface area (TPSA) is 57.6 Å². The Hall–Kier alpha value is -3.09. The molecule has 1 aliphatic carbocycles. The molecule has 2 aromatic carbocycles. The molecule has 204 valence electrons. The second kappa shape index (κ2) is 10.8. The lowest BCUT2D eigenvalue weighted by molar-refractivity contribution is 0.0281. The van der Waals surface area contributed by atoms with Gasteiger partial charge in [-0.05, 0) is 105 Å². The molecule has 1 N–H and O–H groups in total. The summed E-state index contributed by atoms with van der Waals surface area (Å²) in [5.74, 6) is -0.0666. The minimum absolute atomic E-state index is 0.108. The van der Waals surface area contributed by atoms with E-state index in [1.807, 2.05) is 29.2 Å². The Morgan fingerprint density at radius 1 is 0.974 bits per heavy atom. The predicted octanol–water partition coefficient (Wildman–Crippen LogP) is 5.61. The van der Waals surface area contributed by atoms with E-state index in [0.717, 1.165) is 69.5 Å². The summed E-state index contributed by atoms with van der Waals surface area (Å²) in [6, 6.07) is 17.4. The molecule has 1 unspecified atom stereocenters. The van der Waals surface area contributed by atoms with Crippen LogP contribution in [-0.4, -0.2) is 52.4 Å². The van der Waals surface area contributed by atoms with Crippen molar-refractivity contribution in [1.82, 2.24) is 19.7 Å². The summed E-state index contributed by atoms with van der Waals surface area (Å²) in [5.41, 5.74) is 5.20. The number of amides is 2. The van der Waals surface area contributed by atoms with Crippen molar-refractivity contribution < 1.29 is 9.59 Å². The molecule has 0 radical (unpaired) electrons. The molecule has 0 bridgehead atoms. The van der Waals surface area contributed by atoms with E-state index in [4.69, 9.17) is 11.6 Å². The molecule has 2 aliphatic heterocycles. The third kappa shape index (κ3) is 5.37. The van der Waals surface area contributed by atoms with Gasteiger partial charge in [-0.25, -0.2) is 0 Å². The van der Waals surface area contributed by atoms with Gasteiger partial charge in [-0.1, -0.05) is 29.8 Å². The average Bonchev–Trinajstić information content (AvgIpc) is 3.55. The summed E-state index contributed by atoms with van der Waals surface area (Å²) in [5, 5.41) is 3.59. The highest BCUT2D eigenvalue weighted by atomic mass is 35.5. The summed E-state index contributed by atoms with van der Waals surface area (Å²) in [6.07, 6.45) is 8.43. The molecular weight excluding hydrogens is 508 g/mol. The smallest absolute Gasteiger partial charge is 0.253 e. The summed E-state index contributed by atoms with van der Waals surface area (Å²) >= 11 is 6.24. The molecule has 39 heavy (non-hydrogen) atoms. The number of likely N-dealkylation sites (tertiary alicyclic amines) is 2. The van der Waals surface area contributed by atoms with E-state index in [1.165, 1.54) is 24.1 Å². The van der Waals surface area contributed by atoms with E-state index < -0.39 is 0 Å².